The first-order valence-corrected chi connectivity index (χ1v) is 6.42. The fourth-order valence-corrected chi connectivity index (χ4v) is 5.19. The zero-order valence-electron chi connectivity index (χ0n) is 7.39. The predicted octanol–water partition coefficient (Wildman–Crippen LogP) is -1.16. The SMILES string of the molecule is NCC1C(CO)C2CS(=O)(=O)CC12. The number of rotatable bonds is 2. The van der Waals surface area contributed by atoms with Crippen molar-refractivity contribution in [1.82, 2.24) is 0 Å². The van der Waals surface area contributed by atoms with Crippen LogP contribution in [0.15, 0.2) is 0 Å². The molecule has 0 aromatic rings. The Kier molecular flexibility index (Phi) is 2.13. The highest BCUT2D eigenvalue weighted by Gasteiger charge is 2.55. The van der Waals surface area contributed by atoms with Gasteiger partial charge in [0.25, 0.3) is 0 Å². The molecule has 0 bridgehead atoms. The summed E-state index contributed by atoms with van der Waals surface area (Å²) in [6, 6.07) is 0. The molecule has 0 amide bonds. The molecule has 2 aliphatic rings. The molecule has 4 nitrogen and oxygen atoms in total. The Morgan fingerprint density at radius 2 is 1.77 bits per heavy atom. The molecule has 1 saturated carbocycles. The molecule has 4 unspecified atom stereocenters. The molecule has 4 atom stereocenters. The molecule has 1 aliphatic carbocycles. The number of hydrogen-bond donors (Lipinski definition) is 2. The number of aliphatic hydroxyl groups excluding tert-OH is 1. The van der Waals surface area contributed by atoms with E-state index in [0.29, 0.717) is 6.54 Å². The maximum absolute atomic E-state index is 11.3. The largest absolute Gasteiger partial charge is 0.396 e. The van der Waals surface area contributed by atoms with E-state index in [1.165, 1.54) is 0 Å². The highest BCUT2D eigenvalue weighted by molar-refractivity contribution is 7.91. The van der Waals surface area contributed by atoms with Gasteiger partial charge in [-0.15, -0.1) is 0 Å². The highest BCUT2D eigenvalue weighted by atomic mass is 32.2. The molecule has 13 heavy (non-hydrogen) atoms. The minimum Gasteiger partial charge on any atom is -0.396 e. The highest BCUT2D eigenvalue weighted by Crippen LogP contribution is 2.50. The molecule has 3 N–H and O–H groups in total. The number of nitrogens with two attached hydrogens (primary N) is 1. The van der Waals surface area contributed by atoms with Gasteiger partial charge in [-0.05, 0) is 30.2 Å². The van der Waals surface area contributed by atoms with Gasteiger partial charge in [-0.2, -0.15) is 0 Å². The molecular weight excluding hydrogens is 190 g/mol. The molecule has 1 saturated heterocycles. The first kappa shape index (κ1) is 9.43. The van der Waals surface area contributed by atoms with Crippen LogP contribution in [0.4, 0.5) is 0 Å². The first-order chi connectivity index (χ1) is 6.09. The lowest BCUT2D eigenvalue weighted by atomic mass is 9.58. The van der Waals surface area contributed by atoms with Crippen LogP contribution in [0, 0.1) is 23.7 Å². The average Bonchev–Trinajstić information content (AvgIpc) is 2.30. The van der Waals surface area contributed by atoms with E-state index in [1.54, 1.807) is 0 Å². The van der Waals surface area contributed by atoms with Gasteiger partial charge in [0.15, 0.2) is 9.84 Å². The van der Waals surface area contributed by atoms with E-state index in [9.17, 15) is 8.42 Å². The summed E-state index contributed by atoms with van der Waals surface area (Å²) >= 11 is 0. The van der Waals surface area contributed by atoms with Crippen molar-refractivity contribution in [2.24, 2.45) is 29.4 Å². The maximum Gasteiger partial charge on any atom is 0.150 e. The molecule has 1 aliphatic heterocycles. The van der Waals surface area contributed by atoms with Gasteiger partial charge in [0.2, 0.25) is 0 Å². The third-order valence-electron chi connectivity index (χ3n) is 3.58. The smallest absolute Gasteiger partial charge is 0.150 e. The van der Waals surface area contributed by atoms with Crippen molar-refractivity contribution in [2.45, 2.75) is 0 Å². The third-order valence-corrected chi connectivity index (χ3v) is 5.36. The summed E-state index contributed by atoms with van der Waals surface area (Å²) in [5, 5.41) is 9.05. The van der Waals surface area contributed by atoms with Gasteiger partial charge in [0.05, 0.1) is 11.5 Å². The van der Waals surface area contributed by atoms with Crippen LogP contribution < -0.4 is 5.73 Å². The predicted molar refractivity (Wildman–Crippen MR) is 48.8 cm³/mol. The average molecular weight is 205 g/mol. The Hall–Kier alpha value is -0.130. The number of aliphatic hydroxyl groups is 1. The second-order valence-electron chi connectivity index (χ2n) is 4.15. The standard InChI is InChI=1S/C8H15NO3S/c9-1-5-6(2-10)8-4-13(11,12)3-7(5)8/h5-8,10H,1-4,9H2. The van der Waals surface area contributed by atoms with Crippen molar-refractivity contribution < 1.29 is 13.5 Å². The molecule has 0 aromatic heterocycles. The summed E-state index contributed by atoms with van der Waals surface area (Å²) in [6.07, 6.45) is 0. The number of hydrogen-bond acceptors (Lipinski definition) is 4. The van der Waals surface area contributed by atoms with E-state index < -0.39 is 9.84 Å². The van der Waals surface area contributed by atoms with Crippen LogP contribution >= 0.6 is 0 Å². The first-order valence-electron chi connectivity index (χ1n) is 4.60. The van der Waals surface area contributed by atoms with Crippen molar-refractivity contribution in [3.63, 3.8) is 0 Å². The van der Waals surface area contributed by atoms with E-state index in [2.05, 4.69) is 0 Å². The van der Waals surface area contributed by atoms with Gasteiger partial charge >= 0.3 is 0 Å². The summed E-state index contributed by atoms with van der Waals surface area (Å²) in [4.78, 5) is 0. The van der Waals surface area contributed by atoms with Crippen LogP contribution in [0.1, 0.15) is 0 Å². The molecular formula is C8H15NO3S. The van der Waals surface area contributed by atoms with Crippen LogP contribution in [0.5, 0.6) is 0 Å². The molecule has 0 aromatic carbocycles. The van der Waals surface area contributed by atoms with Crippen molar-refractivity contribution in [3.8, 4) is 0 Å². The van der Waals surface area contributed by atoms with Crippen molar-refractivity contribution in [1.29, 1.82) is 0 Å². The van der Waals surface area contributed by atoms with Gasteiger partial charge in [0.1, 0.15) is 0 Å². The molecule has 1 heterocycles. The fourth-order valence-electron chi connectivity index (χ4n) is 2.89. The lowest BCUT2D eigenvalue weighted by Crippen LogP contribution is -2.51. The van der Waals surface area contributed by atoms with Gasteiger partial charge in [-0.25, -0.2) is 8.42 Å². The normalized spacial score (nSPS) is 46.9. The third kappa shape index (κ3) is 1.30. The van der Waals surface area contributed by atoms with Crippen LogP contribution in [-0.2, 0) is 9.84 Å². The van der Waals surface area contributed by atoms with Crippen LogP contribution in [0.3, 0.4) is 0 Å². The minimum absolute atomic E-state index is 0.0819. The van der Waals surface area contributed by atoms with Crippen LogP contribution in [0.2, 0.25) is 0 Å². The molecule has 0 radical (unpaired) electrons. The van der Waals surface area contributed by atoms with E-state index >= 15 is 0 Å². The number of sulfone groups is 1. The molecule has 2 rings (SSSR count). The Balaban J connectivity index is 2.15. The molecule has 76 valence electrons. The van der Waals surface area contributed by atoms with Gasteiger partial charge in [-0.3, -0.25) is 0 Å². The Labute approximate surface area is 78.0 Å². The summed E-state index contributed by atoms with van der Waals surface area (Å²) in [5.41, 5.74) is 5.54. The quantitative estimate of drug-likeness (QED) is 0.596. The molecule has 0 spiro atoms. The summed E-state index contributed by atoms with van der Waals surface area (Å²) in [5.74, 6) is 1.32. The van der Waals surface area contributed by atoms with Crippen molar-refractivity contribution >= 4 is 9.84 Å². The van der Waals surface area contributed by atoms with Crippen LogP contribution in [-0.4, -0.2) is 38.2 Å². The van der Waals surface area contributed by atoms with Crippen LogP contribution in [0.25, 0.3) is 0 Å². The van der Waals surface area contributed by atoms with Gasteiger partial charge < -0.3 is 10.8 Å². The zero-order valence-corrected chi connectivity index (χ0v) is 8.20. The Bertz CT molecular complexity index is 277. The Morgan fingerprint density at radius 3 is 2.23 bits per heavy atom. The zero-order chi connectivity index (χ0) is 9.64. The monoisotopic (exact) mass is 205 g/mol. The molecule has 5 heteroatoms. The summed E-state index contributed by atoms with van der Waals surface area (Å²) in [7, 11) is -2.83. The number of fused-ring (bicyclic) bond motifs is 1. The second-order valence-corrected chi connectivity index (χ2v) is 6.30. The lowest BCUT2D eigenvalue weighted by molar-refractivity contribution is -0.0169. The van der Waals surface area contributed by atoms with E-state index in [-0.39, 0.29) is 41.8 Å². The fraction of sp³-hybridized carbons (Fsp3) is 1.00. The van der Waals surface area contributed by atoms with Gasteiger partial charge in [-0.1, -0.05) is 0 Å². The summed E-state index contributed by atoms with van der Waals surface area (Å²) < 4.78 is 22.6. The topological polar surface area (TPSA) is 80.4 Å². The molecule has 2 fully saturated rings. The Morgan fingerprint density at radius 1 is 1.23 bits per heavy atom. The van der Waals surface area contributed by atoms with Crippen molar-refractivity contribution in [2.75, 3.05) is 24.7 Å². The van der Waals surface area contributed by atoms with E-state index in [4.69, 9.17) is 10.8 Å². The van der Waals surface area contributed by atoms with E-state index in [1.807, 2.05) is 0 Å². The van der Waals surface area contributed by atoms with Crippen molar-refractivity contribution in [3.05, 3.63) is 0 Å². The van der Waals surface area contributed by atoms with E-state index in [0.717, 1.165) is 0 Å². The summed E-state index contributed by atoms with van der Waals surface area (Å²) in [6.45, 7) is 0.584. The lowest BCUT2D eigenvalue weighted by Gasteiger charge is -2.46. The minimum atomic E-state index is -2.83. The maximum atomic E-state index is 11.3. The van der Waals surface area contributed by atoms with Gasteiger partial charge in [0, 0.05) is 6.61 Å². The second kappa shape index (κ2) is 2.93.